The van der Waals surface area contributed by atoms with Gasteiger partial charge >= 0.3 is 0 Å². The van der Waals surface area contributed by atoms with Gasteiger partial charge in [0.15, 0.2) is 11.5 Å². The van der Waals surface area contributed by atoms with E-state index in [9.17, 15) is 5.11 Å². The molecule has 0 saturated heterocycles. The fourth-order valence-electron chi connectivity index (χ4n) is 1.71. The smallest absolute Gasteiger partial charge is 0.161 e. The fourth-order valence-corrected chi connectivity index (χ4v) is 1.94. The van der Waals surface area contributed by atoms with Crippen molar-refractivity contribution in [3.8, 4) is 11.5 Å². The van der Waals surface area contributed by atoms with Crippen molar-refractivity contribution in [1.82, 2.24) is 4.98 Å². The zero-order chi connectivity index (χ0) is 14.5. The van der Waals surface area contributed by atoms with E-state index in [0.717, 1.165) is 15.7 Å². The summed E-state index contributed by atoms with van der Waals surface area (Å²) in [6, 6.07) is 9.19. The van der Waals surface area contributed by atoms with E-state index in [-0.39, 0.29) is 0 Å². The maximum absolute atomic E-state index is 9.56. The van der Waals surface area contributed by atoms with Crippen LogP contribution >= 0.6 is 15.9 Å². The van der Waals surface area contributed by atoms with Crippen molar-refractivity contribution < 1.29 is 14.6 Å². The first-order valence-electron chi connectivity index (χ1n) is 6.19. The Labute approximate surface area is 126 Å². The maximum Gasteiger partial charge on any atom is 0.161 e. The quantitative estimate of drug-likeness (QED) is 0.907. The molecule has 106 valence electrons. The molecule has 20 heavy (non-hydrogen) atoms. The highest BCUT2D eigenvalue weighted by Gasteiger charge is 2.09. The third kappa shape index (κ3) is 3.71. The van der Waals surface area contributed by atoms with Crippen LogP contribution in [-0.2, 0) is 6.61 Å². The fraction of sp³-hybridized carbons (Fsp3) is 0.267. The molecule has 0 radical (unpaired) electrons. The molecule has 0 spiro atoms. The van der Waals surface area contributed by atoms with E-state index in [4.69, 9.17) is 9.47 Å². The Morgan fingerprint density at radius 1 is 1.25 bits per heavy atom. The van der Waals surface area contributed by atoms with E-state index in [1.54, 1.807) is 32.4 Å². The lowest BCUT2D eigenvalue weighted by molar-refractivity contribution is 0.198. The lowest BCUT2D eigenvalue weighted by Gasteiger charge is -2.13. The number of halogens is 1. The number of hydrogen-bond acceptors (Lipinski definition) is 4. The highest BCUT2D eigenvalue weighted by Crippen LogP contribution is 2.30. The van der Waals surface area contributed by atoms with Crippen LogP contribution in [-0.4, -0.2) is 17.2 Å². The average Bonchev–Trinajstić information content (AvgIpc) is 2.46. The summed E-state index contributed by atoms with van der Waals surface area (Å²) < 4.78 is 11.9. The van der Waals surface area contributed by atoms with Crippen LogP contribution in [0.5, 0.6) is 11.5 Å². The third-order valence-corrected chi connectivity index (χ3v) is 3.30. The van der Waals surface area contributed by atoms with E-state index >= 15 is 0 Å². The topological polar surface area (TPSA) is 51.6 Å². The summed E-state index contributed by atoms with van der Waals surface area (Å²) in [5, 5.41) is 9.56. The Kier molecular flexibility index (Phi) is 4.98. The Morgan fingerprint density at radius 2 is 2.05 bits per heavy atom. The van der Waals surface area contributed by atoms with E-state index < -0.39 is 6.10 Å². The van der Waals surface area contributed by atoms with Crippen molar-refractivity contribution in [3.05, 3.63) is 52.3 Å². The largest absolute Gasteiger partial charge is 0.493 e. The summed E-state index contributed by atoms with van der Waals surface area (Å²) >= 11 is 3.34. The monoisotopic (exact) mass is 337 g/mol. The van der Waals surface area contributed by atoms with E-state index in [0.29, 0.717) is 18.1 Å². The molecule has 0 aliphatic rings. The molecule has 0 aliphatic heterocycles. The van der Waals surface area contributed by atoms with E-state index in [1.807, 2.05) is 18.2 Å². The Morgan fingerprint density at radius 3 is 2.65 bits per heavy atom. The number of aliphatic hydroxyl groups is 1. The molecule has 5 heteroatoms. The predicted octanol–water partition coefficient (Wildman–Crippen LogP) is 3.49. The van der Waals surface area contributed by atoms with Crippen LogP contribution in [0.15, 0.2) is 41.0 Å². The molecule has 0 bridgehead atoms. The van der Waals surface area contributed by atoms with Gasteiger partial charge in [-0.15, -0.1) is 0 Å². The first kappa shape index (κ1) is 14.8. The molecule has 0 aliphatic carbocycles. The Bertz CT molecular complexity index is 570. The summed E-state index contributed by atoms with van der Waals surface area (Å²) in [6.07, 6.45) is 1.19. The molecular weight excluding hydrogens is 322 g/mol. The zero-order valence-electron chi connectivity index (χ0n) is 11.3. The number of benzene rings is 1. The van der Waals surface area contributed by atoms with Crippen LogP contribution in [0.3, 0.4) is 0 Å². The van der Waals surface area contributed by atoms with Crippen LogP contribution < -0.4 is 9.47 Å². The van der Waals surface area contributed by atoms with Gasteiger partial charge in [0.05, 0.1) is 18.9 Å². The number of aromatic nitrogens is 1. The van der Waals surface area contributed by atoms with Crippen molar-refractivity contribution >= 4 is 15.9 Å². The molecular formula is C15H16BrNO3. The van der Waals surface area contributed by atoms with Crippen molar-refractivity contribution in [3.63, 3.8) is 0 Å². The number of nitrogens with zero attached hydrogens (tertiary/aromatic N) is 1. The molecule has 2 aromatic rings. The summed E-state index contributed by atoms with van der Waals surface area (Å²) in [4.78, 5) is 4.24. The Hall–Kier alpha value is -1.59. The number of ether oxygens (including phenoxy) is 2. The first-order valence-corrected chi connectivity index (χ1v) is 6.98. The SMILES string of the molecule is COc1cc(C(C)O)ccc1OCc1ccc(Br)cn1. The lowest BCUT2D eigenvalue weighted by Crippen LogP contribution is -2.00. The average molecular weight is 338 g/mol. The zero-order valence-corrected chi connectivity index (χ0v) is 12.9. The highest BCUT2D eigenvalue weighted by atomic mass is 79.9. The van der Waals surface area contributed by atoms with Crippen molar-refractivity contribution in [1.29, 1.82) is 0 Å². The first-order chi connectivity index (χ1) is 9.60. The summed E-state index contributed by atoms with van der Waals surface area (Å²) in [5.41, 5.74) is 1.62. The normalized spacial score (nSPS) is 12.0. The minimum atomic E-state index is -0.536. The van der Waals surface area contributed by atoms with E-state index in [1.165, 1.54) is 0 Å². The van der Waals surface area contributed by atoms with Crippen LogP contribution in [0.25, 0.3) is 0 Å². The lowest BCUT2D eigenvalue weighted by atomic mass is 10.1. The van der Waals surface area contributed by atoms with Gasteiger partial charge in [-0.25, -0.2) is 0 Å². The molecule has 1 aromatic carbocycles. The molecule has 0 amide bonds. The second-order valence-electron chi connectivity index (χ2n) is 4.34. The number of hydrogen-bond donors (Lipinski definition) is 1. The van der Waals surface area contributed by atoms with Crippen LogP contribution in [0, 0.1) is 0 Å². The van der Waals surface area contributed by atoms with Crippen LogP contribution in [0.2, 0.25) is 0 Å². The van der Waals surface area contributed by atoms with Gasteiger partial charge in [0.25, 0.3) is 0 Å². The maximum atomic E-state index is 9.56. The van der Waals surface area contributed by atoms with Gasteiger partial charge in [0.1, 0.15) is 6.61 Å². The van der Waals surface area contributed by atoms with Gasteiger partial charge in [0.2, 0.25) is 0 Å². The minimum Gasteiger partial charge on any atom is -0.493 e. The molecule has 2 rings (SSSR count). The molecule has 1 aromatic heterocycles. The van der Waals surface area contributed by atoms with Gasteiger partial charge in [-0.1, -0.05) is 6.07 Å². The molecule has 1 heterocycles. The number of rotatable bonds is 5. The summed E-state index contributed by atoms with van der Waals surface area (Å²) in [6.45, 7) is 2.07. The second-order valence-corrected chi connectivity index (χ2v) is 5.26. The second kappa shape index (κ2) is 6.72. The van der Waals surface area contributed by atoms with Crippen LogP contribution in [0.4, 0.5) is 0 Å². The molecule has 4 nitrogen and oxygen atoms in total. The van der Waals surface area contributed by atoms with Gasteiger partial charge in [-0.2, -0.15) is 0 Å². The molecule has 1 N–H and O–H groups in total. The van der Waals surface area contributed by atoms with E-state index in [2.05, 4.69) is 20.9 Å². The van der Waals surface area contributed by atoms with Crippen molar-refractivity contribution in [2.75, 3.05) is 7.11 Å². The number of aliphatic hydroxyl groups excluding tert-OH is 1. The summed E-state index contributed by atoms with van der Waals surface area (Å²) in [5.74, 6) is 1.22. The summed E-state index contributed by atoms with van der Waals surface area (Å²) in [7, 11) is 1.58. The number of methoxy groups -OCH3 is 1. The van der Waals surface area contributed by atoms with Gasteiger partial charge in [0, 0.05) is 10.7 Å². The van der Waals surface area contributed by atoms with Gasteiger partial charge < -0.3 is 14.6 Å². The molecule has 1 atom stereocenters. The third-order valence-electron chi connectivity index (χ3n) is 2.83. The van der Waals surface area contributed by atoms with Gasteiger partial charge in [-0.3, -0.25) is 4.98 Å². The van der Waals surface area contributed by atoms with Crippen molar-refractivity contribution in [2.24, 2.45) is 0 Å². The Balaban J connectivity index is 2.10. The highest BCUT2D eigenvalue weighted by molar-refractivity contribution is 9.10. The predicted molar refractivity (Wildman–Crippen MR) is 79.9 cm³/mol. The number of pyridine rings is 1. The minimum absolute atomic E-state index is 0.359. The van der Waals surface area contributed by atoms with Gasteiger partial charge in [-0.05, 0) is 52.7 Å². The molecule has 0 fully saturated rings. The molecule has 1 unspecified atom stereocenters. The molecule has 0 saturated carbocycles. The van der Waals surface area contributed by atoms with Crippen molar-refractivity contribution in [2.45, 2.75) is 19.6 Å². The van der Waals surface area contributed by atoms with Crippen LogP contribution in [0.1, 0.15) is 24.3 Å². The standard InChI is InChI=1S/C15H16BrNO3/c1-10(18)11-3-6-14(15(7-11)19-2)20-9-13-5-4-12(16)8-17-13/h3-8,10,18H,9H2,1-2H3.